The van der Waals surface area contributed by atoms with Gasteiger partial charge in [-0.3, -0.25) is 0 Å². The van der Waals surface area contributed by atoms with E-state index >= 15 is 0 Å². The quantitative estimate of drug-likeness (QED) is 0.786. The molecule has 0 saturated heterocycles. The molecule has 5 nitrogen and oxygen atoms in total. The molecule has 0 aromatic carbocycles. The summed E-state index contributed by atoms with van der Waals surface area (Å²) < 4.78 is 10.6. The summed E-state index contributed by atoms with van der Waals surface area (Å²) >= 11 is 0. The summed E-state index contributed by atoms with van der Waals surface area (Å²) in [4.78, 5) is 7.88. The Morgan fingerprint density at radius 1 is 1.27 bits per heavy atom. The van der Waals surface area contributed by atoms with Crippen LogP contribution in [0.4, 0.5) is 0 Å². The third-order valence-electron chi connectivity index (χ3n) is 1.50. The monoisotopic (exact) mass is 211 g/mol. The van der Waals surface area contributed by atoms with E-state index in [0.29, 0.717) is 25.0 Å². The van der Waals surface area contributed by atoms with Gasteiger partial charge in [-0.15, -0.1) is 0 Å². The second kappa shape index (κ2) is 4.93. The van der Waals surface area contributed by atoms with Crippen molar-refractivity contribution in [1.82, 2.24) is 9.97 Å². The lowest BCUT2D eigenvalue weighted by atomic mass is 10.1. The van der Waals surface area contributed by atoms with Crippen LogP contribution < -0.4 is 15.2 Å². The van der Waals surface area contributed by atoms with Crippen molar-refractivity contribution in [2.24, 2.45) is 5.73 Å². The first-order valence-electron chi connectivity index (χ1n) is 4.88. The van der Waals surface area contributed by atoms with E-state index < -0.39 is 0 Å². The topological polar surface area (TPSA) is 70.3 Å². The van der Waals surface area contributed by atoms with Crippen LogP contribution in [0.25, 0.3) is 0 Å². The lowest BCUT2D eigenvalue weighted by molar-refractivity contribution is 0.232. The van der Waals surface area contributed by atoms with Crippen LogP contribution in [0.3, 0.4) is 0 Å². The molecule has 0 saturated carbocycles. The summed E-state index contributed by atoms with van der Waals surface area (Å²) in [6.07, 6.45) is 1.41. The minimum atomic E-state index is -0.378. The highest BCUT2D eigenvalue weighted by molar-refractivity contribution is 5.18. The number of nitrogens with zero attached hydrogens (tertiary/aromatic N) is 2. The summed E-state index contributed by atoms with van der Waals surface area (Å²) in [5.41, 5.74) is 5.40. The van der Waals surface area contributed by atoms with Gasteiger partial charge in [-0.25, -0.2) is 9.97 Å². The van der Waals surface area contributed by atoms with E-state index in [4.69, 9.17) is 15.2 Å². The maximum absolute atomic E-state index is 5.78. The molecule has 0 fully saturated rings. The van der Waals surface area contributed by atoms with E-state index in [-0.39, 0.29) is 5.54 Å². The van der Waals surface area contributed by atoms with Crippen molar-refractivity contribution < 1.29 is 9.47 Å². The molecule has 5 heteroatoms. The molecule has 0 spiro atoms. The van der Waals surface area contributed by atoms with Gasteiger partial charge in [0.2, 0.25) is 11.8 Å². The van der Waals surface area contributed by atoms with Crippen molar-refractivity contribution >= 4 is 0 Å². The maximum Gasteiger partial charge on any atom is 0.220 e. The van der Waals surface area contributed by atoms with Crippen molar-refractivity contribution in [2.75, 3.05) is 13.2 Å². The molecule has 0 atom stereocenters. The Morgan fingerprint density at radius 3 is 2.40 bits per heavy atom. The van der Waals surface area contributed by atoms with Crippen LogP contribution in [-0.4, -0.2) is 28.7 Å². The van der Waals surface area contributed by atoms with E-state index in [0.717, 1.165) is 0 Å². The lowest BCUT2D eigenvalue weighted by Crippen LogP contribution is -2.38. The van der Waals surface area contributed by atoms with Gasteiger partial charge < -0.3 is 15.2 Å². The SMILES string of the molecule is CCOc1cc(OCC(C)(C)N)ncn1. The van der Waals surface area contributed by atoms with Crippen LogP contribution in [0.15, 0.2) is 12.4 Å². The van der Waals surface area contributed by atoms with Crippen LogP contribution in [0, 0.1) is 0 Å². The number of nitrogens with two attached hydrogens (primary N) is 1. The van der Waals surface area contributed by atoms with E-state index in [1.165, 1.54) is 6.33 Å². The average molecular weight is 211 g/mol. The van der Waals surface area contributed by atoms with Gasteiger partial charge in [-0.2, -0.15) is 0 Å². The van der Waals surface area contributed by atoms with Gasteiger partial charge in [0.1, 0.15) is 12.9 Å². The molecule has 84 valence electrons. The highest BCUT2D eigenvalue weighted by Gasteiger charge is 2.12. The smallest absolute Gasteiger partial charge is 0.220 e. The van der Waals surface area contributed by atoms with Crippen molar-refractivity contribution in [3.05, 3.63) is 12.4 Å². The molecular formula is C10H17N3O2. The van der Waals surface area contributed by atoms with Crippen molar-refractivity contribution in [1.29, 1.82) is 0 Å². The predicted octanol–water partition coefficient (Wildman–Crippen LogP) is 0.991. The van der Waals surface area contributed by atoms with Crippen LogP contribution in [0.2, 0.25) is 0 Å². The molecule has 0 aliphatic heterocycles. The normalized spacial score (nSPS) is 11.2. The Hall–Kier alpha value is -1.36. The van der Waals surface area contributed by atoms with Gasteiger partial charge in [0.15, 0.2) is 0 Å². The molecule has 2 N–H and O–H groups in total. The van der Waals surface area contributed by atoms with Gasteiger partial charge in [0.05, 0.1) is 12.7 Å². The fourth-order valence-electron chi connectivity index (χ4n) is 0.889. The Bertz CT molecular complexity index is 310. The van der Waals surface area contributed by atoms with Gasteiger partial charge >= 0.3 is 0 Å². The zero-order chi connectivity index (χ0) is 11.3. The Morgan fingerprint density at radius 2 is 1.87 bits per heavy atom. The van der Waals surface area contributed by atoms with E-state index in [1.54, 1.807) is 6.07 Å². The van der Waals surface area contributed by atoms with Crippen molar-refractivity contribution in [3.63, 3.8) is 0 Å². The zero-order valence-electron chi connectivity index (χ0n) is 9.36. The Balaban J connectivity index is 2.57. The van der Waals surface area contributed by atoms with Gasteiger partial charge in [0.25, 0.3) is 0 Å². The average Bonchev–Trinajstić information content (AvgIpc) is 2.15. The first-order valence-corrected chi connectivity index (χ1v) is 4.88. The van der Waals surface area contributed by atoms with E-state index in [1.807, 2.05) is 20.8 Å². The van der Waals surface area contributed by atoms with Gasteiger partial charge in [0, 0.05) is 5.54 Å². The van der Waals surface area contributed by atoms with Crippen molar-refractivity contribution in [2.45, 2.75) is 26.3 Å². The summed E-state index contributed by atoms with van der Waals surface area (Å²) in [7, 11) is 0. The summed E-state index contributed by atoms with van der Waals surface area (Å²) in [6, 6.07) is 1.65. The van der Waals surface area contributed by atoms with Crippen LogP contribution >= 0.6 is 0 Å². The van der Waals surface area contributed by atoms with Gasteiger partial charge in [-0.1, -0.05) is 0 Å². The zero-order valence-corrected chi connectivity index (χ0v) is 9.36. The minimum Gasteiger partial charge on any atom is -0.478 e. The molecule has 0 unspecified atom stereocenters. The molecule has 1 aromatic heterocycles. The highest BCUT2D eigenvalue weighted by atomic mass is 16.5. The molecule has 0 amide bonds. The fraction of sp³-hybridized carbons (Fsp3) is 0.600. The first-order chi connectivity index (χ1) is 7.01. The number of rotatable bonds is 5. The molecule has 0 aliphatic carbocycles. The first kappa shape index (κ1) is 11.7. The number of ether oxygens (including phenoxy) is 2. The van der Waals surface area contributed by atoms with Gasteiger partial charge in [-0.05, 0) is 20.8 Å². The predicted molar refractivity (Wildman–Crippen MR) is 57.0 cm³/mol. The fourth-order valence-corrected chi connectivity index (χ4v) is 0.889. The number of aromatic nitrogens is 2. The second-order valence-electron chi connectivity index (χ2n) is 3.90. The van der Waals surface area contributed by atoms with E-state index in [2.05, 4.69) is 9.97 Å². The largest absolute Gasteiger partial charge is 0.478 e. The summed E-state index contributed by atoms with van der Waals surface area (Å²) in [5, 5.41) is 0. The van der Waals surface area contributed by atoms with Crippen LogP contribution in [-0.2, 0) is 0 Å². The van der Waals surface area contributed by atoms with Crippen LogP contribution in [0.1, 0.15) is 20.8 Å². The summed E-state index contributed by atoms with van der Waals surface area (Å²) in [6.45, 7) is 6.63. The molecule has 1 rings (SSSR count). The number of hydrogen-bond acceptors (Lipinski definition) is 5. The number of hydrogen-bond donors (Lipinski definition) is 1. The van der Waals surface area contributed by atoms with E-state index in [9.17, 15) is 0 Å². The second-order valence-corrected chi connectivity index (χ2v) is 3.90. The molecule has 15 heavy (non-hydrogen) atoms. The highest BCUT2D eigenvalue weighted by Crippen LogP contribution is 2.13. The maximum atomic E-state index is 5.78. The Labute approximate surface area is 89.6 Å². The van der Waals surface area contributed by atoms with Crippen molar-refractivity contribution in [3.8, 4) is 11.8 Å². The molecule has 0 radical (unpaired) electrons. The van der Waals surface area contributed by atoms with Crippen LogP contribution in [0.5, 0.6) is 11.8 Å². The molecule has 1 heterocycles. The standard InChI is InChI=1S/C10H17N3O2/c1-4-14-8-5-9(13-7-12-8)15-6-10(2,3)11/h5,7H,4,6,11H2,1-3H3. The third-order valence-corrected chi connectivity index (χ3v) is 1.50. The minimum absolute atomic E-state index is 0.378. The summed E-state index contributed by atoms with van der Waals surface area (Å²) in [5.74, 6) is 0.990. The molecule has 1 aromatic rings. The molecule has 0 aliphatic rings. The Kier molecular flexibility index (Phi) is 3.85. The third kappa shape index (κ3) is 4.60. The lowest BCUT2D eigenvalue weighted by Gasteiger charge is -2.18. The molecule has 0 bridgehead atoms. The molecular weight excluding hydrogens is 194 g/mol.